The monoisotopic (exact) mass is 489 g/mol. The standard InChI is InChI=1S/C27H43N3O5/c1-7-15-30(25(33)22(17-31)29-26(34)35-27(4,5)6)23(21-16-18(2)13-14-19(21)3)24(32)28-20-11-9-8-10-12-20/h13-14,16,20,22-23,31H,7-12,15,17H2,1-6H3,(H,28,32)(H,29,34). The maximum Gasteiger partial charge on any atom is 0.408 e. The number of hydrogen-bond acceptors (Lipinski definition) is 5. The Hall–Kier alpha value is -2.61. The van der Waals surface area contributed by atoms with Gasteiger partial charge in [0.15, 0.2) is 0 Å². The van der Waals surface area contributed by atoms with Crippen LogP contribution in [0.1, 0.15) is 89.0 Å². The van der Waals surface area contributed by atoms with Gasteiger partial charge >= 0.3 is 6.09 Å². The first kappa shape index (κ1) is 28.6. The lowest BCUT2D eigenvalue weighted by Crippen LogP contribution is -2.55. The van der Waals surface area contributed by atoms with Crippen molar-refractivity contribution in [3.63, 3.8) is 0 Å². The predicted octanol–water partition coefficient (Wildman–Crippen LogP) is 3.92. The van der Waals surface area contributed by atoms with Crippen molar-refractivity contribution in [1.29, 1.82) is 0 Å². The Labute approximate surface area is 209 Å². The summed E-state index contributed by atoms with van der Waals surface area (Å²) in [5, 5.41) is 15.7. The molecule has 8 heteroatoms. The lowest BCUT2D eigenvalue weighted by atomic mass is 9.93. The minimum absolute atomic E-state index is 0.0796. The van der Waals surface area contributed by atoms with Crippen LogP contribution in [-0.4, -0.2) is 58.8 Å². The number of carbonyl (C=O) groups excluding carboxylic acids is 3. The van der Waals surface area contributed by atoms with Crippen molar-refractivity contribution in [2.75, 3.05) is 13.2 Å². The Morgan fingerprint density at radius 3 is 2.37 bits per heavy atom. The van der Waals surface area contributed by atoms with E-state index in [-0.39, 0.29) is 11.9 Å². The fourth-order valence-electron chi connectivity index (χ4n) is 4.48. The zero-order valence-corrected chi connectivity index (χ0v) is 22.1. The molecule has 0 aromatic heterocycles. The maximum absolute atomic E-state index is 13.7. The van der Waals surface area contributed by atoms with E-state index in [0.29, 0.717) is 13.0 Å². The molecule has 0 radical (unpaired) electrons. The van der Waals surface area contributed by atoms with Gasteiger partial charge in [-0.2, -0.15) is 0 Å². The van der Waals surface area contributed by atoms with Crippen LogP contribution in [0.15, 0.2) is 18.2 Å². The summed E-state index contributed by atoms with van der Waals surface area (Å²) in [7, 11) is 0. The molecule has 1 fully saturated rings. The van der Waals surface area contributed by atoms with Gasteiger partial charge in [0.25, 0.3) is 0 Å². The highest BCUT2D eigenvalue weighted by molar-refractivity contribution is 5.92. The Bertz CT molecular complexity index is 874. The summed E-state index contributed by atoms with van der Waals surface area (Å²) in [6.07, 6.45) is 4.97. The molecule has 2 atom stereocenters. The number of nitrogens with one attached hydrogen (secondary N) is 2. The van der Waals surface area contributed by atoms with Crippen LogP contribution < -0.4 is 10.6 Å². The van der Waals surface area contributed by atoms with Gasteiger partial charge in [0.05, 0.1) is 6.61 Å². The molecule has 3 N–H and O–H groups in total. The van der Waals surface area contributed by atoms with E-state index in [1.54, 1.807) is 20.8 Å². The molecule has 2 unspecified atom stereocenters. The molecule has 8 nitrogen and oxygen atoms in total. The molecule has 0 bridgehead atoms. The second kappa shape index (κ2) is 12.9. The molecule has 0 heterocycles. The van der Waals surface area contributed by atoms with E-state index in [9.17, 15) is 19.5 Å². The third-order valence-electron chi connectivity index (χ3n) is 6.16. The number of alkyl carbamates (subject to hydrolysis) is 1. The summed E-state index contributed by atoms with van der Waals surface area (Å²) in [4.78, 5) is 41.3. The molecule has 0 aliphatic heterocycles. The minimum atomic E-state index is -1.23. The second-order valence-corrected chi connectivity index (χ2v) is 10.5. The first-order valence-corrected chi connectivity index (χ1v) is 12.7. The van der Waals surface area contributed by atoms with Crippen molar-refractivity contribution >= 4 is 17.9 Å². The molecule has 1 aliphatic rings. The fourth-order valence-corrected chi connectivity index (χ4v) is 4.48. The molecule has 35 heavy (non-hydrogen) atoms. The third kappa shape index (κ3) is 8.53. The van der Waals surface area contributed by atoms with E-state index in [1.165, 1.54) is 11.3 Å². The number of carbonyl (C=O) groups is 3. The van der Waals surface area contributed by atoms with E-state index in [2.05, 4.69) is 10.6 Å². The Morgan fingerprint density at radius 1 is 1.14 bits per heavy atom. The van der Waals surface area contributed by atoms with Crippen LogP contribution in [-0.2, 0) is 14.3 Å². The van der Waals surface area contributed by atoms with Crippen LogP contribution in [0, 0.1) is 13.8 Å². The molecule has 1 aliphatic carbocycles. The summed E-state index contributed by atoms with van der Waals surface area (Å²) in [5.41, 5.74) is 1.87. The number of aliphatic hydroxyl groups excluding tert-OH is 1. The minimum Gasteiger partial charge on any atom is -0.444 e. The summed E-state index contributed by atoms with van der Waals surface area (Å²) >= 11 is 0. The molecule has 196 valence electrons. The smallest absolute Gasteiger partial charge is 0.408 e. The zero-order valence-electron chi connectivity index (χ0n) is 22.1. The predicted molar refractivity (Wildman–Crippen MR) is 136 cm³/mol. The summed E-state index contributed by atoms with van der Waals surface area (Å²) in [6.45, 7) is 10.6. The first-order chi connectivity index (χ1) is 16.5. The van der Waals surface area contributed by atoms with Gasteiger partial charge in [0.1, 0.15) is 17.7 Å². The van der Waals surface area contributed by atoms with Crippen LogP contribution in [0.2, 0.25) is 0 Å². The number of benzene rings is 1. The van der Waals surface area contributed by atoms with Crippen molar-refractivity contribution < 1.29 is 24.2 Å². The molecule has 1 aromatic carbocycles. The molecule has 0 spiro atoms. The Kier molecular flexibility index (Phi) is 10.6. The fraction of sp³-hybridized carbons (Fsp3) is 0.667. The maximum atomic E-state index is 13.7. The molecule has 0 saturated heterocycles. The van der Waals surface area contributed by atoms with Crippen molar-refractivity contribution in [2.24, 2.45) is 0 Å². The summed E-state index contributed by atoms with van der Waals surface area (Å²) in [5.74, 6) is -0.758. The molecule has 1 saturated carbocycles. The van der Waals surface area contributed by atoms with E-state index in [4.69, 9.17) is 4.74 Å². The topological polar surface area (TPSA) is 108 Å². The van der Waals surface area contributed by atoms with Gasteiger partial charge < -0.3 is 25.4 Å². The Morgan fingerprint density at radius 2 is 1.80 bits per heavy atom. The van der Waals surface area contributed by atoms with Crippen molar-refractivity contribution in [2.45, 2.75) is 104 Å². The number of ether oxygens (including phenoxy) is 1. The lowest BCUT2D eigenvalue weighted by Gasteiger charge is -2.36. The molecule has 3 amide bonds. The van der Waals surface area contributed by atoms with Crippen LogP contribution in [0.4, 0.5) is 4.79 Å². The highest BCUT2D eigenvalue weighted by Gasteiger charge is 2.37. The number of amides is 3. The summed E-state index contributed by atoms with van der Waals surface area (Å²) < 4.78 is 5.28. The van der Waals surface area contributed by atoms with Gasteiger partial charge in [-0.1, -0.05) is 49.9 Å². The average Bonchev–Trinajstić information content (AvgIpc) is 2.78. The molecular formula is C27H43N3O5. The van der Waals surface area contributed by atoms with Gasteiger partial charge in [0.2, 0.25) is 11.8 Å². The van der Waals surface area contributed by atoms with Gasteiger partial charge in [-0.15, -0.1) is 0 Å². The quantitative estimate of drug-likeness (QED) is 0.487. The van der Waals surface area contributed by atoms with Crippen molar-refractivity contribution in [1.82, 2.24) is 15.5 Å². The summed E-state index contributed by atoms with van der Waals surface area (Å²) in [6, 6.07) is 3.83. The molecule has 2 rings (SSSR count). The molecular weight excluding hydrogens is 446 g/mol. The van der Waals surface area contributed by atoms with Crippen LogP contribution in [0.25, 0.3) is 0 Å². The average molecular weight is 490 g/mol. The number of nitrogens with zero attached hydrogens (tertiary/aromatic N) is 1. The van der Waals surface area contributed by atoms with Gasteiger partial charge in [-0.05, 0) is 65.0 Å². The number of aliphatic hydroxyl groups is 1. The van der Waals surface area contributed by atoms with Crippen LogP contribution in [0.3, 0.4) is 0 Å². The van der Waals surface area contributed by atoms with E-state index in [1.807, 2.05) is 39.0 Å². The van der Waals surface area contributed by atoms with Gasteiger partial charge in [-0.3, -0.25) is 9.59 Å². The zero-order chi connectivity index (χ0) is 26.2. The van der Waals surface area contributed by atoms with Crippen molar-refractivity contribution in [3.05, 3.63) is 34.9 Å². The number of hydrogen-bond donors (Lipinski definition) is 3. The second-order valence-electron chi connectivity index (χ2n) is 10.5. The highest BCUT2D eigenvalue weighted by Crippen LogP contribution is 2.28. The largest absolute Gasteiger partial charge is 0.444 e. The Balaban J connectivity index is 2.41. The van der Waals surface area contributed by atoms with E-state index < -0.39 is 36.3 Å². The molecule has 1 aromatic rings. The number of aryl methyl sites for hydroxylation is 2. The van der Waals surface area contributed by atoms with E-state index in [0.717, 1.165) is 42.4 Å². The first-order valence-electron chi connectivity index (χ1n) is 12.7. The SMILES string of the molecule is CCCN(C(=O)C(CO)NC(=O)OC(C)(C)C)C(C(=O)NC1CCCCC1)c1cc(C)ccc1C. The van der Waals surface area contributed by atoms with E-state index >= 15 is 0 Å². The van der Waals surface area contributed by atoms with Crippen LogP contribution in [0.5, 0.6) is 0 Å². The van der Waals surface area contributed by atoms with Gasteiger partial charge in [0, 0.05) is 12.6 Å². The highest BCUT2D eigenvalue weighted by atomic mass is 16.6. The third-order valence-corrected chi connectivity index (χ3v) is 6.16. The normalized spacial score (nSPS) is 16.2. The number of rotatable bonds is 9. The van der Waals surface area contributed by atoms with Crippen LogP contribution >= 0.6 is 0 Å². The lowest BCUT2D eigenvalue weighted by molar-refractivity contribution is -0.143. The van der Waals surface area contributed by atoms with Gasteiger partial charge in [-0.25, -0.2) is 4.79 Å². The van der Waals surface area contributed by atoms with Crippen molar-refractivity contribution in [3.8, 4) is 0 Å².